The van der Waals surface area contributed by atoms with Crippen molar-refractivity contribution in [3.05, 3.63) is 11.9 Å². The van der Waals surface area contributed by atoms with Crippen molar-refractivity contribution in [3.63, 3.8) is 0 Å². The quantitative estimate of drug-likeness (QED) is 0.717. The Kier molecular flexibility index (Phi) is 5.50. The topological polar surface area (TPSA) is 93.3 Å². The van der Waals surface area contributed by atoms with Crippen LogP contribution in [-0.2, 0) is 10.2 Å². The fraction of sp³-hybridized carbons (Fsp3) is 0.692. The number of nitrogens with two attached hydrogens (primary N) is 1. The van der Waals surface area contributed by atoms with Gasteiger partial charge in [-0.2, -0.15) is 0 Å². The van der Waals surface area contributed by atoms with Gasteiger partial charge in [0.15, 0.2) is 0 Å². The normalized spacial score (nSPS) is 13.3. The predicted octanol–water partition coefficient (Wildman–Crippen LogP) is 1.17. The van der Waals surface area contributed by atoms with Crippen LogP contribution in [0.1, 0.15) is 33.0 Å². The summed E-state index contributed by atoms with van der Waals surface area (Å²) in [6, 6.07) is 1.69. The van der Waals surface area contributed by atoms with Crippen molar-refractivity contribution >= 4 is 11.6 Å². The monoisotopic (exact) mass is 268 g/mol. The Bertz CT molecular complexity index is 404. The highest BCUT2D eigenvalue weighted by atomic mass is 16.5. The molecule has 0 amide bonds. The molecule has 6 nitrogen and oxygen atoms in total. The zero-order chi connectivity index (χ0) is 14.5. The van der Waals surface area contributed by atoms with Gasteiger partial charge in [-0.15, -0.1) is 0 Å². The molecule has 1 aromatic rings. The Morgan fingerprint density at radius 1 is 1.42 bits per heavy atom. The van der Waals surface area contributed by atoms with Crippen LogP contribution >= 0.6 is 0 Å². The van der Waals surface area contributed by atoms with Crippen molar-refractivity contribution < 1.29 is 9.84 Å². The van der Waals surface area contributed by atoms with Gasteiger partial charge in [0, 0.05) is 25.1 Å². The first-order valence-electron chi connectivity index (χ1n) is 6.39. The predicted molar refractivity (Wildman–Crippen MR) is 76.1 cm³/mol. The van der Waals surface area contributed by atoms with Gasteiger partial charge in [0.25, 0.3) is 0 Å². The van der Waals surface area contributed by atoms with Crippen molar-refractivity contribution in [2.75, 3.05) is 31.3 Å². The summed E-state index contributed by atoms with van der Waals surface area (Å²) in [5.41, 5.74) is 5.62. The third-order valence-electron chi connectivity index (χ3n) is 2.56. The van der Waals surface area contributed by atoms with E-state index in [0.717, 1.165) is 0 Å². The summed E-state index contributed by atoms with van der Waals surface area (Å²) in [7, 11) is 1.57. The highest BCUT2D eigenvalue weighted by Crippen LogP contribution is 2.21. The molecule has 0 saturated heterocycles. The van der Waals surface area contributed by atoms with Crippen molar-refractivity contribution in [1.82, 2.24) is 9.97 Å². The number of aromatic nitrogens is 2. The second-order valence-electron chi connectivity index (χ2n) is 5.58. The lowest BCUT2D eigenvalue weighted by atomic mass is 9.96. The maximum atomic E-state index is 9.54. The molecule has 1 atom stereocenters. The molecule has 4 N–H and O–H groups in total. The molecule has 1 rings (SSSR count). The molecule has 0 fully saturated rings. The van der Waals surface area contributed by atoms with Gasteiger partial charge in [0.05, 0.1) is 12.7 Å². The zero-order valence-electron chi connectivity index (χ0n) is 12.1. The number of rotatable bonds is 6. The second kappa shape index (κ2) is 6.68. The Balaban J connectivity index is 2.61. The first kappa shape index (κ1) is 15.7. The van der Waals surface area contributed by atoms with Gasteiger partial charge in [0.2, 0.25) is 0 Å². The van der Waals surface area contributed by atoms with Crippen LogP contribution in [0.5, 0.6) is 0 Å². The molecule has 0 bridgehead atoms. The van der Waals surface area contributed by atoms with Crippen LogP contribution in [0.15, 0.2) is 6.07 Å². The number of hydrogen-bond donors (Lipinski definition) is 3. The molecule has 1 aromatic heterocycles. The molecule has 6 heteroatoms. The molecular weight excluding hydrogens is 244 g/mol. The third kappa shape index (κ3) is 5.40. The first-order chi connectivity index (χ1) is 8.82. The van der Waals surface area contributed by atoms with Crippen LogP contribution in [0.4, 0.5) is 11.6 Å². The molecule has 0 aliphatic rings. The van der Waals surface area contributed by atoms with E-state index in [-0.39, 0.29) is 5.41 Å². The number of anilines is 2. The summed E-state index contributed by atoms with van der Waals surface area (Å²) < 4.78 is 4.87. The molecule has 0 aliphatic carbocycles. The number of hydrogen-bond acceptors (Lipinski definition) is 6. The lowest BCUT2D eigenvalue weighted by Crippen LogP contribution is -2.21. The van der Waals surface area contributed by atoms with Crippen LogP contribution in [0.25, 0.3) is 0 Å². The van der Waals surface area contributed by atoms with E-state index in [1.54, 1.807) is 13.2 Å². The van der Waals surface area contributed by atoms with Crippen molar-refractivity contribution in [2.45, 2.75) is 38.7 Å². The van der Waals surface area contributed by atoms with Crippen molar-refractivity contribution in [1.29, 1.82) is 0 Å². The highest BCUT2D eigenvalue weighted by molar-refractivity contribution is 5.45. The summed E-state index contributed by atoms with van der Waals surface area (Å²) in [6.07, 6.45) is 0.113. The van der Waals surface area contributed by atoms with Gasteiger partial charge in [-0.05, 0) is 6.42 Å². The van der Waals surface area contributed by atoms with Crippen LogP contribution in [0, 0.1) is 0 Å². The number of nitrogen functional groups attached to an aromatic ring is 1. The van der Waals surface area contributed by atoms with Crippen LogP contribution < -0.4 is 11.1 Å². The third-order valence-corrected chi connectivity index (χ3v) is 2.56. The summed E-state index contributed by atoms with van der Waals surface area (Å²) in [4.78, 5) is 8.67. The van der Waals surface area contributed by atoms with E-state index in [9.17, 15) is 5.11 Å². The zero-order valence-corrected chi connectivity index (χ0v) is 12.1. The largest absolute Gasteiger partial charge is 0.391 e. The van der Waals surface area contributed by atoms with E-state index in [1.165, 1.54) is 0 Å². The molecule has 0 aliphatic heterocycles. The van der Waals surface area contributed by atoms with Crippen LogP contribution in [-0.4, -0.2) is 41.4 Å². The number of aliphatic hydroxyl groups is 1. The molecule has 1 unspecified atom stereocenters. The lowest BCUT2D eigenvalue weighted by Gasteiger charge is -2.18. The number of methoxy groups -OCH3 is 1. The number of ether oxygens (including phenoxy) is 1. The average Bonchev–Trinajstić information content (AvgIpc) is 2.27. The minimum absolute atomic E-state index is 0.151. The smallest absolute Gasteiger partial charge is 0.138 e. The van der Waals surface area contributed by atoms with E-state index in [1.807, 2.05) is 20.8 Å². The molecule has 0 spiro atoms. The van der Waals surface area contributed by atoms with E-state index < -0.39 is 6.10 Å². The van der Waals surface area contributed by atoms with Gasteiger partial charge in [0.1, 0.15) is 17.5 Å². The Morgan fingerprint density at radius 3 is 2.68 bits per heavy atom. The van der Waals surface area contributed by atoms with Crippen LogP contribution in [0.3, 0.4) is 0 Å². The number of nitrogens with zero attached hydrogens (tertiary/aromatic N) is 2. The van der Waals surface area contributed by atoms with Crippen LogP contribution in [0.2, 0.25) is 0 Å². The van der Waals surface area contributed by atoms with Gasteiger partial charge in [-0.3, -0.25) is 0 Å². The Labute approximate surface area is 114 Å². The summed E-state index contributed by atoms with van der Waals surface area (Å²) in [6.45, 7) is 7.04. The first-order valence-corrected chi connectivity index (χ1v) is 6.39. The highest BCUT2D eigenvalue weighted by Gasteiger charge is 2.18. The SMILES string of the molecule is COCC(O)CCNc1cc(N)nc(C(C)(C)C)n1. The summed E-state index contributed by atoms with van der Waals surface area (Å²) in [5.74, 6) is 1.83. The number of aliphatic hydroxyl groups excluding tert-OH is 1. The van der Waals surface area contributed by atoms with E-state index in [4.69, 9.17) is 10.5 Å². The average molecular weight is 268 g/mol. The maximum absolute atomic E-state index is 9.54. The van der Waals surface area contributed by atoms with Gasteiger partial charge < -0.3 is 20.9 Å². The van der Waals surface area contributed by atoms with Gasteiger partial charge in [-0.25, -0.2) is 9.97 Å². The molecule has 1 heterocycles. The Hall–Kier alpha value is -1.40. The van der Waals surface area contributed by atoms with E-state index >= 15 is 0 Å². The molecular formula is C13H24N4O2. The molecule has 0 aromatic carbocycles. The molecule has 0 radical (unpaired) electrons. The Morgan fingerprint density at radius 2 is 2.11 bits per heavy atom. The van der Waals surface area contributed by atoms with Crippen molar-refractivity contribution in [3.8, 4) is 0 Å². The minimum Gasteiger partial charge on any atom is -0.391 e. The maximum Gasteiger partial charge on any atom is 0.138 e. The summed E-state index contributed by atoms with van der Waals surface area (Å²) in [5, 5.41) is 12.7. The van der Waals surface area contributed by atoms with Gasteiger partial charge in [-0.1, -0.05) is 20.8 Å². The number of nitrogens with one attached hydrogen (secondary N) is 1. The summed E-state index contributed by atoms with van der Waals surface area (Å²) >= 11 is 0. The fourth-order valence-corrected chi connectivity index (χ4v) is 1.53. The van der Waals surface area contributed by atoms with E-state index in [2.05, 4.69) is 15.3 Å². The minimum atomic E-state index is -0.473. The molecule has 0 saturated carbocycles. The second-order valence-corrected chi connectivity index (χ2v) is 5.58. The molecule has 19 heavy (non-hydrogen) atoms. The van der Waals surface area contributed by atoms with Crippen molar-refractivity contribution in [2.24, 2.45) is 0 Å². The van der Waals surface area contributed by atoms with E-state index in [0.29, 0.717) is 37.0 Å². The molecule has 108 valence electrons. The van der Waals surface area contributed by atoms with Gasteiger partial charge >= 0.3 is 0 Å². The lowest BCUT2D eigenvalue weighted by molar-refractivity contribution is 0.0615. The fourth-order valence-electron chi connectivity index (χ4n) is 1.53. The standard InChI is InChI=1S/C13H24N4O2/c1-13(2,3)12-16-10(14)7-11(17-12)15-6-5-9(18)8-19-4/h7,9,18H,5-6,8H2,1-4H3,(H3,14,15,16,17).